The van der Waals surface area contributed by atoms with Crippen molar-refractivity contribution in [1.29, 1.82) is 0 Å². The molecule has 2 aromatic carbocycles. The Morgan fingerprint density at radius 3 is 2.07 bits per heavy atom. The van der Waals surface area contributed by atoms with Crippen LogP contribution >= 0.6 is 0 Å². The topological polar surface area (TPSA) is 76.7 Å². The van der Waals surface area contributed by atoms with Crippen LogP contribution < -0.4 is 16.2 Å². The van der Waals surface area contributed by atoms with Crippen molar-refractivity contribution in [1.82, 2.24) is 20.7 Å². The third kappa shape index (κ3) is 6.68. The monoisotopic (exact) mass is 381 g/mol. The second-order valence-electron chi connectivity index (χ2n) is 6.85. The minimum atomic E-state index is -0.464. The SMILES string of the molecule is O=C(CCN1CCN(Cc2ccccc2)CC1)NNC(=O)Nc1ccccc1. The van der Waals surface area contributed by atoms with E-state index in [-0.39, 0.29) is 5.91 Å². The zero-order valence-electron chi connectivity index (χ0n) is 15.9. The Morgan fingerprint density at radius 1 is 0.786 bits per heavy atom. The van der Waals surface area contributed by atoms with Gasteiger partial charge in [0.25, 0.3) is 0 Å². The van der Waals surface area contributed by atoms with Crippen molar-refractivity contribution < 1.29 is 9.59 Å². The highest BCUT2D eigenvalue weighted by Gasteiger charge is 2.17. The molecular formula is C21H27N5O2. The number of benzene rings is 2. The molecule has 2 aromatic rings. The molecule has 0 saturated carbocycles. The molecule has 148 valence electrons. The van der Waals surface area contributed by atoms with Gasteiger partial charge in [-0.1, -0.05) is 48.5 Å². The molecule has 0 radical (unpaired) electrons. The van der Waals surface area contributed by atoms with Crippen LogP contribution in [0.2, 0.25) is 0 Å². The summed E-state index contributed by atoms with van der Waals surface area (Å²) in [6, 6.07) is 19.1. The van der Waals surface area contributed by atoms with Crippen molar-refractivity contribution in [2.45, 2.75) is 13.0 Å². The molecule has 0 unspecified atom stereocenters. The fourth-order valence-corrected chi connectivity index (χ4v) is 3.15. The average Bonchev–Trinajstić information content (AvgIpc) is 2.73. The molecule has 1 aliphatic heterocycles. The summed E-state index contributed by atoms with van der Waals surface area (Å²) in [7, 11) is 0. The first-order valence-corrected chi connectivity index (χ1v) is 9.58. The number of rotatable bonds is 6. The maximum Gasteiger partial charge on any atom is 0.337 e. The zero-order chi connectivity index (χ0) is 19.6. The van der Waals surface area contributed by atoms with Crippen LogP contribution in [0.25, 0.3) is 0 Å². The van der Waals surface area contributed by atoms with E-state index < -0.39 is 6.03 Å². The Kier molecular flexibility index (Phi) is 7.40. The van der Waals surface area contributed by atoms with E-state index in [4.69, 9.17) is 0 Å². The van der Waals surface area contributed by atoms with Gasteiger partial charge in [0.15, 0.2) is 0 Å². The maximum absolute atomic E-state index is 12.0. The number of carbonyl (C=O) groups is 2. The Morgan fingerprint density at radius 2 is 1.39 bits per heavy atom. The summed E-state index contributed by atoms with van der Waals surface area (Å²) in [6.07, 6.45) is 0.351. The number of para-hydroxylation sites is 1. The van der Waals surface area contributed by atoms with E-state index in [1.165, 1.54) is 5.56 Å². The Bertz CT molecular complexity index is 746. The lowest BCUT2D eigenvalue weighted by atomic mass is 10.2. The van der Waals surface area contributed by atoms with Gasteiger partial charge >= 0.3 is 6.03 Å². The van der Waals surface area contributed by atoms with Gasteiger partial charge in [0.2, 0.25) is 5.91 Å². The number of hydrogen-bond acceptors (Lipinski definition) is 4. The molecule has 0 aliphatic carbocycles. The molecule has 3 amide bonds. The van der Waals surface area contributed by atoms with Crippen LogP contribution in [-0.4, -0.2) is 54.5 Å². The van der Waals surface area contributed by atoms with Crippen molar-refractivity contribution >= 4 is 17.6 Å². The molecule has 7 heteroatoms. The quantitative estimate of drug-likeness (QED) is 0.670. The second-order valence-corrected chi connectivity index (χ2v) is 6.85. The van der Waals surface area contributed by atoms with Gasteiger partial charge in [0.1, 0.15) is 0 Å². The first kappa shape index (κ1) is 19.9. The van der Waals surface area contributed by atoms with Crippen molar-refractivity contribution in [3.63, 3.8) is 0 Å². The summed E-state index contributed by atoms with van der Waals surface area (Å²) in [5.74, 6) is -0.199. The number of urea groups is 1. The first-order valence-electron chi connectivity index (χ1n) is 9.58. The molecule has 1 aliphatic rings. The van der Waals surface area contributed by atoms with Crippen molar-refractivity contribution in [2.75, 3.05) is 38.0 Å². The van der Waals surface area contributed by atoms with Crippen LogP contribution in [0.5, 0.6) is 0 Å². The number of piperazine rings is 1. The van der Waals surface area contributed by atoms with E-state index in [2.05, 4.69) is 50.2 Å². The van der Waals surface area contributed by atoms with Crippen LogP contribution in [0.15, 0.2) is 60.7 Å². The van der Waals surface area contributed by atoms with E-state index in [0.717, 1.165) is 32.7 Å². The van der Waals surface area contributed by atoms with Gasteiger partial charge in [-0.05, 0) is 17.7 Å². The fraction of sp³-hybridized carbons (Fsp3) is 0.333. The molecule has 3 rings (SSSR count). The van der Waals surface area contributed by atoms with Crippen LogP contribution in [0.3, 0.4) is 0 Å². The number of anilines is 1. The van der Waals surface area contributed by atoms with E-state index in [0.29, 0.717) is 18.7 Å². The third-order valence-corrected chi connectivity index (χ3v) is 4.72. The number of nitrogens with zero attached hydrogens (tertiary/aromatic N) is 2. The normalized spacial score (nSPS) is 15.0. The van der Waals surface area contributed by atoms with Gasteiger partial charge in [-0.15, -0.1) is 0 Å². The van der Waals surface area contributed by atoms with Crippen molar-refractivity contribution in [2.24, 2.45) is 0 Å². The van der Waals surface area contributed by atoms with Gasteiger partial charge in [-0.3, -0.25) is 15.1 Å². The third-order valence-electron chi connectivity index (χ3n) is 4.72. The van der Waals surface area contributed by atoms with E-state index >= 15 is 0 Å². The van der Waals surface area contributed by atoms with Gasteiger partial charge < -0.3 is 10.2 Å². The second kappa shape index (κ2) is 10.4. The predicted molar refractivity (Wildman–Crippen MR) is 110 cm³/mol. The van der Waals surface area contributed by atoms with Crippen LogP contribution in [0.1, 0.15) is 12.0 Å². The number of carbonyl (C=O) groups excluding carboxylic acids is 2. The number of nitrogens with one attached hydrogen (secondary N) is 3. The lowest BCUT2D eigenvalue weighted by molar-refractivity contribution is -0.122. The summed E-state index contributed by atoms with van der Waals surface area (Å²) in [6.45, 7) is 5.54. The molecule has 3 N–H and O–H groups in total. The smallest absolute Gasteiger partial charge is 0.307 e. The number of hydrogen-bond donors (Lipinski definition) is 3. The lowest BCUT2D eigenvalue weighted by Crippen LogP contribution is -2.48. The molecule has 1 heterocycles. The van der Waals surface area contributed by atoms with Crippen LogP contribution in [0.4, 0.5) is 10.5 Å². The van der Waals surface area contributed by atoms with Gasteiger partial charge in [-0.2, -0.15) is 0 Å². The molecule has 0 atom stereocenters. The van der Waals surface area contributed by atoms with Gasteiger partial charge in [0.05, 0.1) is 0 Å². The van der Waals surface area contributed by atoms with Crippen LogP contribution in [0, 0.1) is 0 Å². The standard InChI is InChI=1S/C21H27N5O2/c27-20(23-24-21(28)22-19-9-5-2-6-10-19)11-12-25-13-15-26(16-14-25)17-18-7-3-1-4-8-18/h1-10H,11-17H2,(H,23,27)(H2,22,24,28). The summed E-state index contributed by atoms with van der Waals surface area (Å²) in [4.78, 5) is 28.4. The predicted octanol–water partition coefficient (Wildman–Crippen LogP) is 2.05. The summed E-state index contributed by atoms with van der Waals surface area (Å²) < 4.78 is 0. The number of amides is 3. The summed E-state index contributed by atoms with van der Waals surface area (Å²) in [5, 5.41) is 2.65. The minimum absolute atomic E-state index is 0.199. The maximum atomic E-state index is 12.0. The Balaban J connectivity index is 1.28. The van der Waals surface area contributed by atoms with Gasteiger partial charge in [0, 0.05) is 51.4 Å². The summed E-state index contributed by atoms with van der Waals surface area (Å²) in [5.41, 5.74) is 6.82. The number of hydrazine groups is 1. The highest BCUT2D eigenvalue weighted by molar-refractivity contribution is 5.90. The Hall–Kier alpha value is -2.90. The Labute approximate surface area is 165 Å². The van der Waals surface area contributed by atoms with E-state index in [1.54, 1.807) is 12.1 Å². The fourth-order valence-electron chi connectivity index (χ4n) is 3.15. The highest BCUT2D eigenvalue weighted by Crippen LogP contribution is 2.08. The van der Waals surface area contributed by atoms with E-state index in [1.807, 2.05) is 24.3 Å². The molecule has 0 bridgehead atoms. The lowest BCUT2D eigenvalue weighted by Gasteiger charge is -2.34. The van der Waals surface area contributed by atoms with Crippen molar-refractivity contribution in [3.05, 3.63) is 66.2 Å². The largest absolute Gasteiger partial charge is 0.337 e. The minimum Gasteiger partial charge on any atom is -0.307 e. The highest BCUT2D eigenvalue weighted by atomic mass is 16.2. The molecule has 0 spiro atoms. The zero-order valence-corrected chi connectivity index (χ0v) is 15.9. The van der Waals surface area contributed by atoms with Crippen LogP contribution in [-0.2, 0) is 11.3 Å². The molecule has 1 fully saturated rings. The molecular weight excluding hydrogens is 354 g/mol. The van der Waals surface area contributed by atoms with E-state index in [9.17, 15) is 9.59 Å². The van der Waals surface area contributed by atoms with Crippen molar-refractivity contribution in [3.8, 4) is 0 Å². The van der Waals surface area contributed by atoms with Gasteiger partial charge in [-0.25, -0.2) is 10.2 Å². The average molecular weight is 381 g/mol. The molecule has 1 saturated heterocycles. The molecule has 0 aromatic heterocycles. The summed E-state index contributed by atoms with van der Waals surface area (Å²) >= 11 is 0. The first-order chi connectivity index (χ1) is 13.7. The molecule has 28 heavy (non-hydrogen) atoms. The molecule has 7 nitrogen and oxygen atoms in total.